The number of aliphatic hydroxyl groups excluding tert-OH is 1. The smallest absolute Gasteiger partial charge is 0.477 e. The number of phenolic OH excluding ortho intramolecular Hbond substituents is 1. The number of hydrogen-bond acceptors (Lipinski definition) is 10. The van der Waals surface area contributed by atoms with Gasteiger partial charge in [-0.1, -0.05) is 6.42 Å². The predicted octanol–water partition coefficient (Wildman–Crippen LogP) is 1.35. The van der Waals surface area contributed by atoms with Gasteiger partial charge in [0.1, 0.15) is 18.9 Å². The van der Waals surface area contributed by atoms with Crippen LogP contribution in [-0.2, 0) is 22.9 Å². The number of hydrogen-bond donors (Lipinski definition) is 3. The number of rotatable bonds is 3. The Balaban J connectivity index is 1.25. The second kappa shape index (κ2) is 8.10. The van der Waals surface area contributed by atoms with Crippen molar-refractivity contribution in [3.8, 4) is 17.2 Å². The molecule has 6 atom stereocenters. The highest BCUT2D eigenvalue weighted by Crippen LogP contribution is 2.62. The molecule has 34 heavy (non-hydrogen) atoms. The largest absolute Gasteiger partial charge is 0.504 e. The van der Waals surface area contributed by atoms with Crippen LogP contribution in [0.4, 0.5) is 0 Å². The number of carbonyl (C=O) groups excluding carboxylic acids is 2. The van der Waals surface area contributed by atoms with Gasteiger partial charge in [0.15, 0.2) is 11.5 Å². The van der Waals surface area contributed by atoms with E-state index in [4.69, 9.17) is 23.0 Å². The zero-order valence-electron chi connectivity index (χ0n) is 18.2. The fourth-order valence-corrected chi connectivity index (χ4v) is 7.01. The number of aromatic hydroxyl groups is 1. The molecule has 12 nitrogen and oxygen atoms in total. The highest BCUT2D eigenvalue weighted by Gasteiger charge is 2.59. The number of nitrogens with zero attached hydrogens (tertiary/aromatic N) is 1. The minimum atomic E-state index is -4.11. The van der Waals surface area contributed by atoms with Gasteiger partial charge < -0.3 is 29.9 Å². The van der Waals surface area contributed by atoms with E-state index in [1.807, 2.05) is 0 Å². The molecule has 0 bridgehead atoms. The Kier molecular flexibility index (Phi) is 5.27. The first-order valence-electron chi connectivity index (χ1n) is 11.4. The normalized spacial score (nSPS) is 36.4. The van der Waals surface area contributed by atoms with Crippen molar-refractivity contribution >= 4 is 19.6 Å². The number of phosphoric ester groups is 1. The summed E-state index contributed by atoms with van der Waals surface area (Å²) in [5.41, 5.74) is 0.531. The lowest BCUT2D eigenvalue weighted by Crippen LogP contribution is -2.60. The molecule has 1 unspecified atom stereocenters. The average molecular weight is 496 g/mol. The topological polar surface area (TPSA) is 153 Å². The molecule has 5 aliphatic rings. The second-order valence-electron chi connectivity index (χ2n) is 9.15. The van der Waals surface area contributed by atoms with Crippen LogP contribution >= 0.6 is 7.82 Å². The first-order valence-corrected chi connectivity index (χ1v) is 12.8. The summed E-state index contributed by atoms with van der Waals surface area (Å²) in [6, 6.07) is 0.935. The van der Waals surface area contributed by atoms with Crippen molar-refractivity contribution in [2.45, 2.75) is 62.4 Å². The fraction of sp³-hybridized carbons (Fsp3) is 0.619. The number of ether oxygens (including phenoxy) is 2. The molecule has 1 aromatic carbocycles. The van der Waals surface area contributed by atoms with Gasteiger partial charge in [-0.25, -0.2) is 4.57 Å². The highest BCUT2D eigenvalue weighted by atomic mass is 31.2. The van der Waals surface area contributed by atoms with Crippen LogP contribution in [0.2, 0.25) is 0 Å². The summed E-state index contributed by atoms with van der Waals surface area (Å²) in [7, 11) is -4.11. The van der Waals surface area contributed by atoms with Crippen LogP contribution < -0.4 is 14.8 Å². The molecule has 4 aliphatic heterocycles. The Hall–Kier alpha value is -2.37. The molecule has 13 heteroatoms. The third-order valence-corrected chi connectivity index (χ3v) is 8.56. The maximum absolute atomic E-state index is 13.3. The highest BCUT2D eigenvalue weighted by molar-refractivity contribution is 7.48. The summed E-state index contributed by atoms with van der Waals surface area (Å²) in [5, 5.41) is 24.2. The molecule has 0 aromatic heterocycles. The van der Waals surface area contributed by atoms with E-state index in [0.29, 0.717) is 24.3 Å². The molecule has 1 saturated carbocycles. The number of amides is 2. The average Bonchev–Trinajstić information content (AvgIpc) is 3.36. The van der Waals surface area contributed by atoms with Crippen molar-refractivity contribution in [2.24, 2.45) is 0 Å². The standard InChI is InChI=1S/C21H25N2O10P/c24-12-6-11-10-7-13-19(30-9-29-13)17(26)15(10)21(27)22-16(11)20-18(12)32-34(28,33-20)31-8-23-5-3-1-2-4-14(23)25/h7,11-12,16,18,20,24,26H,1-6,8-9H2,(H,22,27)/t11-,12+,16-,18-,20+,34?/m1/s1. The van der Waals surface area contributed by atoms with Gasteiger partial charge in [0.2, 0.25) is 18.4 Å². The molecule has 1 aliphatic carbocycles. The Bertz CT molecular complexity index is 1100. The first kappa shape index (κ1) is 22.1. The first-order chi connectivity index (χ1) is 16.3. The second-order valence-corrected chi connectivity index (χ2v) is 10.7. The van der Waals surface area contributed by atoms with E-state index >= 15 is 0 Å². The van der Waals surface area contributed by atoms with Crippen LogP contribution in [0.3, 0.4) is 0 Å². The molecule has 3 fully saturated rings. The molecule has 6 rings (SSSR count). The lowest BCUT2D eigenvalue weighted by molar-refractivity contribution is -0.133. The monoisotopic (exact) mass is 496 g/mol. The zero-order chi connectivity index (χ0) is 23.6. The van der Waals surface area contributed by atoms with Crippen LogP contribution in [0.15, 0.2) is 6.07 Å². The SMILES string of the molecule is O=C1N[C@H]2[C@@H]3OP(=O)(OCN4CCCCCC4=O)O[C@@H]3[C@@H](O)C[C@@H]2c2cc3c(c(O)c21)OCO3. The van der Waals surface area contributed by atoms with E-state index in [1.165, 1.54) is 4.90 Å². The van der Waals surface area contributed by atoms with E-state index in [0.717, 1.165) is 19.3 Å². The summed E-state index contributed by atoms with van der Waals surface area (Å²) >= 11 is 0. The van der Waals surface area contributed by atoms with Crippen LogP contribution in [0.25, 0.3) is 0 Å². The van der Waals surface area contributed by atoms with Gasteiger partial charge in [-0.15, -0.1) is 0 Å². The minimum absolute atomic E-state index is 0.0502. The maximum Gasteiger partial charge on any atom is 0.477 e. The van der Waals surface area contributed by atoms with Crippen molar-refractivity contribution in [1.29, 1.82) is 0 Å². The Morgan fingerprint density at radius 3 is 2.85 bits per heavy atom. The van der Waals surface area contributed by atoms with Gasteiger partial charge in [-0.05, 0) is 30.9 Å². The van der Waals surface area contributed by atoms with Crippen molar-refractivity contribution in [3.05, 3.63) is 17.2 Å². The van der Waals surface area contributed by atoms with Crippen molar-refractivity contribution in [3.63, 3.8) is 0 Å². The number of likely N-dealkylation sites (tertiary alicyclic amines) is 1. The van der Waals surface area contributed by atoms with Gasteiger partial charge >= 0.3 is 7.82 Å². The van der Waals surface area contributed by atoms with Gasteiger partial charge in [0.05, 0.1) is 17.7 Å². The molecular weight excluding hydrogens is 471 g/mol. The fourth-order valence-electron chi connectivity index (χ4n) is 5.45. The van der Waals surface area contributed by atoms with E-state index in [2.05, 4.69) is 5.32 Å². The third-order valence-electron chi connectivity index (χ3n) is 7.12. The number of phosphoric acid groups is 1. The molecule has 2 saturated heterocycles. The number of benzene rings is 1. The number of nitrogens with one attached hydrogen (secondary N) is 1. The minimum Gasteiger partial charge on any atom is -0.504 e. The number of aliphatic hydroxyl groups is 1. The van der Waals surface area contributed by atoms with Gasteiger partial charge in [-0.3, -0.25) is 23.2 Å². The molecule has 4 heterocycles. The van der Waals surface area contributed by atoms with Crippen LogP contribution in [0, 0.1) is 0 Å². The molecule has 2 amide bonds. The van der Waals surface area contributed by atoms with Crippen molar-refractivity contribution in [2.75, 3.05) is 20.1 Å². The molecule has 3 N–H and O–H groups in total. The summed E-state index contributed by atoms with van der Waals surface area (Å²) in [5.74, 6) is -1.02. The number of phenols is 1. The van der Waals surface area contributed by atoms with E-state index < -0.39 is 44.0 Å². The molecule has 0 radical (unpaired) electrons. The summed E-state index contributed by atoms with van der Waals surface area (Å²) in [6.07, 6.45) is 0.110. The quantitative estimate of drug-likeness (QED) is 0.523. The molecular formula is C21H25N2O10P. The summed E-state index contributed by atoms with van der Waals surface area (Å²) in [4.78, 5) is 26.6. The zero-order valence-corrected chi connectivity index (χ0v) is 19.1. The van der Waals surface area contributed by atoms with E-state index in [9.17, 15) is 24.4 Å². The number of fused-ring (bicyclic) bond motifs is 6. The van der Waals surface area contributed by atoms with Gasteiger partial charge in [-0.2, -0.15) is 0 Å². The van der Waals surface area contributed by atoms with E-state index in [-0.39, 0.29) is 42.9 Å². The van der Waals surface area contributed by atoms with Crippen LogP contribution in [-0.4, -0.2) is 71.3 Å². The third kappa shape index (κ3) is 3.47. The molecule has 184 valence electrons. The van der Waals surface area contributed by atoms with Gasteiger partial charge in [0, 0.05) is 18.9 Å². The van der Waals surface area contributed by atoms with Crippen LogP contribution in [0.1, 0.15) is 53.9 Å². The van der Waals surface area contributed by atoms with Crippen molar-refractivity contribution < 1.29 is 47.4 Å². The van der Waals surface area contributed by atoms with E-state index in [1.54, 1.807) is 6.07 Å². The lowest BCUT2D eigenvalue weighted by Gasteiger charge is -2.43. The maximum atomic E-state index is 13.3. The van der Waals surface area contributed by atoms with Crippen LogP contribution in [0.5, 0.6) is 17.2 Å². The molecule has 1 aromatic rings. The lowest BCUT2D eigenvalue weighted by atomic mass is 9.72. The Morgan fingerprint density at radius 1 is 1.18 bits per heavy atom. The Morgan fingerprint density at radius 2 is 2.00 bits per heavy atom. The summed E-state index contributed by atoms with van der Waals surface area (Å²) < 4.78 is 40.7. The number of carbonyl (C=O) groups is 2. The Labute approximate surface area is 194 Å². The molecule has 0 spiro atoms. The predicted molar refractivity (Wildman–Crippen MR) is 112 cm³/mol. The summed E-state index contributed by atoms with van der Waals surface area (Å²) in [6.45, 7) is 0.170. The van der Waals surface area contributed by atoms with Crippen molar-refractivity contribution in [1.82, 2.24) is 10.2 Å². The van der Waals surface area contributed by atoms with Gasteiger partial charge in [0.25, 0.3) is 5.91 Å².